The van der Waals surface area contributed by atoms with Crippen LogP contribution in [0.1, 0.15) is 43.5 Å². The highest BCUT2D eigenvalue weighted by Gasteiger charge is 2.27. The van der Waals surface area contributed by atoms with Crippen LogP contribution in [0.25, 0.3) is 0 Å². The summed E-state index contributed by atoms with van der Waals surface area (Å²) in [6, 6.07) is 0.823. The maximum Gasteiger partial charge on any atom is 0.191 e. The molecule has 2 N–H and O–H groups in total. The zero-order chi connectivity index (χ0) is 16.5. The van der Waals surface area contributed by atoms with E-state index < -0.39 is 0 Å². The second-order valence-corrected chi connectivity index (χ2v) is 7.07. The van der Waals surface area contributed by atoms with Crippen molar-refractivity contribution in [1.82, 2.24) is 20.5 Å². The predicted molar refractivity (Wildman–Crippen MR) is 99.4 cm³/mol. The molecule has 0 atom stereocenters. The predicted octanol–water partition coefficient (Wildman–Crippen LogP) is 2.29. The SMILES string of the molecule is CCNC(=NCCN(CC)C1CC1)NCCc1ncc(CC)s1. The molecule has 2 rings (SSSR count). The molecule has 1 aliphatic carbocycles. The lowest BCUT2D eigenvalue weighted by Crippen LogP contribution is -2.39. The Morgan fingerprint density at radius 1 is 1.35 bits per heavy atom. The standard InChI is InChI=1S/C17H31N5S/c1-4-15-13-21-16(23-15)9-10-19-17(18-5-2)20-11-12-22(6-3)14-7-8-14/h13-14H,4-12H2,1-3H3,(H2,18,19,20). The molecule has 1 aromatic heterocycles. The topological polar surface area (TPSA) is 52.6 Å². The molecule has 1 saturated carbocycles. The summed E-state index contributed by atoms with van der Waals surface area (Å²) in [5.41, 5.74) is 0. The van der Waals surface area contributed by atoms with Gasteiger partial charge in [0.1, 0.15) is 0 Å². The number of nitrogens with one attached hydrogen (secondary N) is 2. The van der Waals surface area contributed by atoms with E-state index in [1.54, 1.807) is 0 Å². The molecule has 23 heavy (non-hydrogen) atoms. The zero-order valence-electron chi connectivity index (χ0n) is 14.8. The van der Waals surface area contributed by atoms with E-state index in [1.807, 2.05) is 17.5 Å². The van der Waals surface area contributed by atoms with Gasteiger partial charge in [0.2, 0.25) is 0 Å². The van der Waals surface area contributed by atoms with Gasteiger partial charge in [-0.3, -0.25) is 9.89 Å². The molecule has 6 heteroatoms. The van der Waals surface area contributed by atoms with Crippen LogP contribution in [-0.2, 0) is 12.8 Å². The van der Waals surface area contributed by atoms with E-state index in [-0.39, 0.29) is 0 Å². The van der Waals surface area contributed by atoms with Crippen LogP contribution in [0.2, 0.25) is 0 Å². The van der Waals surface area contributed by atoms with Gasteiger partial charge in [0.25, 0.3) is 0 Å². The molecule has 5 nitrogen and oxygen atoms in total. The number of aromatic nitrogens is 1. The number of likely N-dealkylation sites (N-methyl/N-ethyl adjacent to an activating group) is 1. The summed E-state index contributed by atoms with van der Waals surface area (Å²) in [4.78, 5) is 13.1. The number of rotatable bonds is 10. The molecule has 0 spiro atoms. The molecule has 0 aromatic carbocycles. The van der Waals surface area contributed by atoms with Crippen molar-refractivity contribution >= 4 is 17.3 Å². The van der Waals surface area contributed by atoms with Gasteiger partial charge in [0.05, 0.1) is 11.6 Å². The molecule has 1 aromatic rings. The minimum absolute atomic E-state index is 0.823. The van der Waals surface area contributed by atoms with Gasteiger partial charge in [-0.2, -0.15) is 0 Å². The summed E-state index contributed by atoms with van der Waals surface area (Å²) < 4.78 is 0. The molecular formula is C17H31N5S. The van der Waals surface area contributed by atoms with Crippen molar-refractivity contribution in [1.29, 1.82) is 0 Å². The van der Waals surface area contributed by atoms with Crippen molar-refractivity contribution in [3.8, 4) is 0 Å². The fourth-order valence-electron chi connectivity index (χ4n) is 2.59. The quantitative estimate of drug-likeness (QED) is 0.508. The lowest BCUT2D eigenvalue weighted by molar-refractivity contribution is 0.286. The number of aliphatic imine (C=N–C) groups is 1. The lowest BCUT2D eigenvalue weighted by atomic mass is 10.4. The van der Waals surface area contributed by atoms with Gasteiger partial charge < -0.3 is 10.6 Å². The molecule has 0 bridgehead atoms. The first kappa shape index (κ1) is 18.2. The maximum absolute atomic E-state index is 4.70. The van der Waals surface area contributed by atoms with Crippen molar-refractivity contribution in [3.63, 3.8) is 0 Å². The average molecular weight is 338 g/mol. The van der Waals surface area contributed by atoms with E-state index in [4.69, 9.17) is 4.99 Å². The molecule has 130 valence electrons. The number of nitrogens with zero attached hydrogens (tertiary/aromatic N) is 3. The Labute approximate surface area is 144 Å². The molecule has 0 saturated heterocycles. The Morgan fingerprint density at radius 2 is 2.17 bits per heavy atom. The van der Waals surface area contributed by atoms with Gasteiger partial charge in [-0.05, 0) is 32.7 Å². The van der Waals surface area contributed by atoms with Crippen LogP contribution in [0.15, 0.2) is 11.2 Å². The van der Waals surface area contributed by atoms with Crippen LogP contribution in [0.5, 0.6) is 0 Å². The Balaban J connectivity index is 1.72. The number of guanidine groups is 1. The minimum atomic E-state index is 0.823. The molecule has 0 unspecified atom stereocenters. The summed E-state index contributed by atoms with van der Waals surface area (Å²) >= 11 is 1.81. The van der Waals surface area contributed by atoms with E-state index in [2.05, 4.69) is 41.3 Å². The third kappa shape index (κ3) is 6.47. The van der Waals surface area contributed by atoms with Crippen LogP contribution >= 0.6 is 11.3 Å². The smallest absolute Gasteiger partial charge is 0.191 e. The fourth-order valence-corrected chi connectivity index (χ4v) is 3.45. The van der Waals surface area contributed by atoms with E-state index in [1.165, 1.54) is 22.7 Å². The summed E-state index contributed by atoms with van der Waals surface area (Å²) in [5.74, 6) is 0.923. The first-order valence-corrected chi connectivity index (χ1v) is 9.78. The van der Waals surface area contributed by atoms with Gasteiger partial charge in [0.15, 0.2) is 5.96 Å². The largest absolute Gasteiger partial charge is 0.357 e. The van der Waals surface area contributed by atoms with Gasteiger partial charge in [0, 0.05) is 43.2 Å². The summed E-state index contributed by atoms with van der Waals surface area (Å²) in [7, 11) is 0. The highest BCUT2D eigenvalue weighted by atomic mass is 32.1. The maximum atomic E-state index is 4.70. The number of thiazole rings is 1. The van der Waals surface area contributed by atoms with E-state index >= 15 is 0 Å². The number of aryl methyl sites for hydroxylation is 1. The van der Waals surface area contributed by atoms with E-state index in [0.717, 1.165) is 57.6 Å². The van der Waals surface area contributed by atoms with Crippen molar-refractivity contribution in [2.24, 2.45) is 4.99 Å². The highest BCUT2D eigenvalue weighted by Crippen LogP contribution is 2.25. The Kier molecular flexibility index (Phi) is 7.82. The minimum Gasteiger partial charge on any atom is -0.357 e. The van der Waals surface area contributed by atoms with Crippen LogP contribution in [0.3, 0.4) is 0 Å². The number of hydrogen-bond acceptors (Lipinski definition) is 4. The van der Waals surface area contributed by atoms with Gasteiger partial charge in [-0.15, -0.1) is 11.3 Å². The van der Waals surface area contributed by atoms with E-state index in [9.17, 15) is 0 Å². The summed E-state index contributed by atoms with van der Waals surface area (Å²) in [5, 5.41) is 7.95. The summed E-state index contributed by atoms with van der Waals surface area (Å²) in [6.45, 7) is 11.3. The normalized spacial score (nSPS) is 15.2. The fraction of sp³-hybridized carbons (Fsp3) is 0.765. The third-order valence-corrected chi connectivity index (χ3v) is 5.25. The lowest BCUT2D eigenvalue weighted by Gasteiger charge is -2.18. The first-order chi connectivity index (χ1) is 11.3. The zero-order valence-corrected chi connectivity index (χ0v) is 15.6. The van der Waals surface area contributed by atoms with Crippen LogP contribution in [-0.4, -0.2) is 54.6 Å². The molecule has 1 heterocycles. The first-order valence-electron chi connectivity index (χ1n) is 8.96. The molecular weight excluding hydrogens is 306 g/mol. The highest BCUT2D eigenvalue weighted by molar-refractivity contribution is 7.11. The Hall–Kier alpha value is -1.14. The molecule has 1 aliphatic rings. The van der Waals surface area contributed by atoms with Crippen molar-refractivity contribution in [3.05, 3.63) is 16.1 Å². The molecule has 0 aliphatic heterocycles. The second-order valence-electron chi connectivity index (χ2n) is 5.87. The van der Waals surface area contributed by atoms with Crippen LogP contribution in [0, 0.1) is 0 Å². The molecule has 0 radical (unpaired) electrons. The van der Waals surface area contributed by atoms with Crippen molar-refractivity contribution < 1.29 is 0 Å². The van der Waals surface area contributed by atoms with Gasteiger partial charge >= 0.3 is 0 Å². The van der Waals surface area contributed by atoms with Crippen molar-refractivity contribution in [2.45, 2.75) is 52.5 Å². The van der Waals surface area contributed by atoms with Crippen LogP contribution < -0.4 is 10.6 Å². The summed E-state index contributed by atoms with van der Waals surface area (Å²) in [6.07, 6.45) is 6.76. The molecule has 1 fully saturated rings. The van der Waals surface area contributed by atoms with Crippen molar-refractivity contribution in [2.75, 3.05) is 32.7 Å². The molecule has 0 amide bonds. The average Bonchev–Trinajstić information content (AvgIpc) is 3.30. The number of hydrogen-bond donors (Lipinski definition) is 2. The third-order valence-electron chi connectivity index (χ3n) is 4.05. The Bertz CT molecular complexity index is 481. The second kappa shape index (κ2) is 9.88. The van der Waals surface area contributed by atoms with Gasteiger partial charge in [-0.1, -0.05) is 13.8 Å². The Morgan fingerprint density at radius 3 is 2.78 bits per heavy atom. The van der Waals surface area contributed by atoms with E-state index in [0.29, 0.717) is 0 Å². The monoisotopic (exact) mass is 337 g/mol. The van der Waals surface area contributed by atoms with Crippen LogP contribution in [0.4, 0.5) is 0 Å². The van der Waals surface area contributed by atoms with Gasteiger partial charge in [-0.25, -0.2) is 4.98 Å².